The molecule has 142 valence electrons. The molecule has 27 heavy (non-hydrogen) atoms. The first-order valence-corrected chi connectivity index (χ1v) is 9.27. The SMILES string of the molecule is Oc1cccc(C(Nc2cccc3ccccc23)C(O)(CBr)C(F)(F)F)c1. The highest BCUT2D eigenvalue weighted by molar-refractivity contribution is 9.09. The molecule has 3 aromatic carbocycles. The van der Waals surface area contributed by atoms with Crippen LogP contribution in [0.1, 0.15) is 11.6 Å². The fourth-order valence-corrected chi connectivity index (χ4v) is 3.65. The summed E-state index contributed by atoms with van der Waals surface area (Å²) in [7, 11) is 0. The van der Waals surface area contributed by atoms with Crippen molar-refractivity contribution in [2.24, 2.45) is 0 Å². The van der Waals surface area contributed by atoms with Crippen LogP contribution in [-0.2, 0) is 0 Å². The molecule has 0 saturated carbocycles. The fraction of sp³-hybridized carbons (Fsp3) is 0.200. The highest BCUT2D eigenvalue weighted by Gasteiger charge is 2.58. The second kappa shape index (κ2) is 7.40. The number of nitrogens with one attached hydrogen (secondary N) is 1. The Labute approximate surface area is 162 Å². The Morgan fingerprint density at radius 1 is 0.963 bits per heavy atom. The van der Waals surface area contributed by atoms with E-state index in [0.29, 0.717) is 5.69 Å². The van der Waals surface area contributed by atoms with Crippen LogP contribution in [0.2, 0.25) is 0 Å². The highest BCUT2D eigenvalue weighted by Crippen LogP contribution is 2.44. The lowest BCUT2D eigenvalue weighted by Gasteiger charge is -2.37. The van der Waals surface area contributed by atoms with Crippen molar-refractivity contribution in [1.29, 1.82) is 0 Å². The van der Waals surface area contributed by atoms with Crippen LogP contribution in [0.4, 0.5) is 18.9 Å². The van der Waals surface area contributed by atoms with Gasteiger partial charge in [0.25, 0.3) is 0 Å². The van der Waals surface area contributed by atoms with Crippen molar-refractivity contribution in [1.82, 2.24) is 0 Å². The molecule has 3 aromatic rings. The maximum atomic E-state index is 13.8. The van der Waals surface area contributed by atoms with Gasteiger partial charge in [-0.15, -0.1) is 0 Å². The number of anilines is 1. The number of aliphatic hydroxyl groups is 1. The van der Waals surface area contributed by atoms with Crippen molar-refractivity contribution in [3.05, 3.63) is 72.3 Å². The Morgan fingerprint density at radius 3 is 2.30 bits per heavy atom. The zero-order chi connectivity index (χ0) is 19.7. The molecule has 0 spiro atoms. The van der Waals surface area contributed by atoms with Gasteiger partial charge in [-0.2, -0.15) is 13.2 Å². The van der Waals surface area contributed by atoms with Crippen LogP contribution in [-0.4, -0.2) is 27.3 Å². The Bertz CT molecular complexity index is 942. The van der Waals surface area contributed by atoms with Crippen molar-refractivity contribution in [2.75, 3.05) is 10.6 Å². The van der Waals surface area contributed by atoms with Crippen molar-refractivity contribution in [3.8, 4) is 5.75 Å². The van der Waals surface area contributed by atoms with Gasteiger partial charge in [-0.1, -0.05) is 64.5 Å². The minimum absolute atomic E-state index is 0.113. The van der Waals surface area contributed by atoms with Gasteiger partial charge in [-0.3, -0.25) is 0 Å². The molecule has 3 rings (SSSR count). The molecule has 2 atom stereocenters. The highest BCUT2D eigenvalue weighted by atomic mass is 79.9. The molecule has 3 nitrogen and oxygen atoms in total. The molecular formula is C20H17BrF3NO2. The number of rotatable bonds is 5. The van der Waals surface area contributed by atoms with E-state index in [0.717, 1.165) is 10.8 Å². The molecule has 3 N–H and O–H groups in total. The summed E-state index contributed by atoms with van der Waals surface area (Å²) in [5.74, 6) is -0.184. The van der Waals surface area contributed by atoms with E-state index >= 15 is 0 Å². The topological polar surface area (TPSA) is 52.5 Å². The molecule has 0 aliphatic carbocycles. The summed E-state index contributed by atoms with van der Waals surface area (Å²) in [5, 5.41) is 24.0. The number of aromatic hydroxyl groups is 1. The summed E-state index contributed by atoms with van der Waals surface area (Å²) in [4.78, 5) is 0. The summed E-state index contributed by atoms with van der Waals surface area (Å²) < 4.78 is 41.3. The molecule has 0 bridgehead atoms. The monoisotopic (exact) mass is 439 g/mol. The van der Waals surface area contributed by atoms with Crippen LogP contribution in [0, 0.1) is 0 Å². The third-order valence-corrected chi connectivity index (χ3v) is 5.32. The van der Waals surface area contributed by atoms with Crippen molar-refractivity contribution >= 4 is 32.4 Å². The maximum Gasteiger partial charge on any atom is 0.420 e. The standard InChI is InChI=1S/C20H17BrF3NO2/c21-12-19(27,20(22,23)24)18(14-7-3-8-15(26)11-14)25-17-10-4-6-13-5-1-2-9-16(13)17/h1-11,18,25-27H,12H2. The predicted molar refractivity (Wildman–Crippen MR) is 103 cm³/mol. The number of benzene rings is 3. The van der Waals surface area contributed by atoms with Gasteiger partial charge in [-0.05, 0) is 29.1 Å². The van der Waals surface area contributed by atoms with Crippen molar-refractivity contribution in [2.45, 2.75) is 17.8 Å². The average Bonchev–Trinajstić information content (AvgIpc) is 2.64. The van der Waals surface area contributed by atoms with Gasteiger partial charge in [0.15, 0.2) is 5.60 Å². The van der Waals surface area contributed by atoms with E-state index in [9.17, 15) is 23.4 Å². The predicted octanol–water partition coefficient (Wildman–Crippen LogP) is 5.39. The van der Waals surface area contributed by atoms with Crippen molar-refractivity contribution in [3.63, 3.8) is 0 Å². The average molecular weight is 440 g/mol. The zero-order valence-corrected chi connectivity index (χ0v) is 15.6. The number of hydrogen-bond donors (Lipinski definition) is 3. The minimum Gasteiger partial charge on any atom is -0.508 e. The second-order valence-corrected chi connectivity index (χ2v) is 6.82. The Kier molecular flexibility index (Phi) is 5.35. The molecular weight excluding hydrogens is 423 g/mol. The van der Waals surface area contributed by atoms with Crippen LogP contribution in [0.3, 0.4) is 0 Å². The number of phenolic OH excluding ortho intramolecular Hbond substituents is 1. The normalized spacial score (nSPS) is 15.3. The van der Waals surface area contributed by atoms with Crippen LogP contribution < -0.4 is 5.32 Å². The molecule has 0 radical (unpaired) electrons. The van der Waals surface area contributed by atoms with Crippen LogP contribution in [0.15, 0.2) is 66.7 Å². The Hall–Kier alpha value is -2.25. The Morgan fingerprint density at radius 2 is 1.63 bits per heavy atom. The molecule has 0 amide bonds. The quantitative estimate of drug-likeness (QED) is 0.467. The molecule has 0 saturated heterocycles. The summed E-state index contributed by atoms with van der Waals surface area (Å²) in [6.07, 6.45) is -4.91. The molecule has 0 heterocycles. The minimum atomic E-state index is -4.91. The Balaban J connectivity index is 2.15. The van der Waals surface area contributed by atoms with Gasteiger partial charge in [-0.25, -0.2) is 0 Å². The van der Waals surface area contributed by atoms with Crippen LogP contribution in [0.25, 0.3) is 10.8 Å². The van der Waals surface area contributed by atoms with Crippen LogP contribution >= 0.6 is 15.9 Å². The third kappa shape index (κ3) is 3.75. The lowest BCUT2D eigenvalue weighted by molar-refractivity contribution is -0.256. The van der Waals surface area contributed by atoms with Gasteiger partial charge in [0.05, 0.1) is 6.04 Å². The number of hydrogen-bond acceptors (Lipinski definition) is 3. The summed E-state index contributed by atoms with van der Waals surface area (Å²) >= 11 is 2.81. The summed E-state index contributed by atoms with van der Waals surface area (Å²) in [5.41, 5.74) is -2.54. The van der Waals surface area contributed by atoms with Crippen LogP contribution in [0.5, 0.6) is 5.75 Å². The second-order valence-electron chi connectivity index (χ2n) is 6.25. The molecule has 7 heteroatoms. The lowest BCUT2D eigenvalue weighted by atomic mass is 9.88. The third-order valence-electron chi connectivity index (χ3n) is 4.47. The van der Waals surface area contributed by atoms with Gasteiger partial charge in [0.2, 0.25) is 0 Å². The number of alkyl halides is 4. The first-order valence-electron chi connectivity index (χ1n) is 8.14. The maximum absolute atomic E-state index is 13.8. The number of phenols is 1. The molecule has 0 aliphatic heterocycles. The van der Waals surface area contributed by atoms with E-state index in [1.54, 1.807) is 24.3 Å². The lowest BCUT2D eigenvalue weighted by Crippen LogP contribution is -2.54. The molecule has 0 aromatic heterocycles. The van der Waals surface area contributed by atoms with Gasteiger partial charge >= 0.3 is 6.18 Å². The smallest absolute Gasteiger partial charge is 0.420 e. The molecule has 0 aliphatic rings. The summed E-state index contributed by atoms with van der Waals surface area (Å²) in [6.45, 7) is 0. The van der Waals surface area contributed by atoms with Gasteiger partial charge in [0.1, 0.15) is 5.75 Å². The molecule has 0 fully saturated rings. The zero-order valence-electron chi connectivity index (χ0n) is 14.0. The van der Waals surface area contributed by atoms with E-state index in [4.69, 9.17) is 0 Å². The molecule has 2 unspecified atom stereocenters. The van der Waals surface area contributed by atoms with E-state index in [2.05, 4.69) is 21.2 Å². The van der Waals surface area contributed by atoms with Crippen molar-refractivity contribution < 1.29 is 23.4 Å². The summed E-state index contributed by atoms with van der Waals surface area (Å²) in [6, 6.07) is 16.4. The fourth-order valence-electron chi connectivity index (χ4n) is 3.01. The number of fused-ring (bicyclic) bond motifs is 1. The largest absolute Gasteiger partial charge is 0.508 e. The number of halogens is 4. The van der Waals surface area contributed by atoms with E-state index < -0.39 is 23.1 Å². The van der Waals surface area contributed by atoms with Gasteiger partial charge < -0.3 is 15.5 Å². The first-order chi connectivity index (χ1) is 12.8. The van der Waals surface area contributed by atoms with E-state index in [1.165, 1.54) is 24.3 Å². The van der Waals surface area contributed by atoms with E-state index in [-0.39, 0.29) is 11.3 Å². The van der Waals surface area contributed by atoms with Gasteiger partial charge in [0, 0.05) is 16.4 Å². The first kappa shape index (κ1) is 19.5. The van der Waals surface area contributed by atoms with E-state index in [1.807, 2.05) is 18.2 Å².